The standard InChI is InChI=1S/C25H28N2O.2ClH/c28-24(25(14-8-3-9-15-25)23-12-6-2-7-13-23)21-27-18-16-26(17-19-27)20-22-10-4-1-5-11-22;;/h1-14H,15-21H2;2*1H. The Hall–Kier alpha value is -1.91. The van der Waals surface area contributed by atoms with Gasteiger partial charge in [-0.1, -0.05) is 85.0 Å². The van der Waals surface area contributed by atoms with E-state index in [1.807, 2.05) is 30.4 Å². The maximum absolute atomic E-state index is 13.4. The largest absolute Gasteiger partial charge is 0.297 e. The molecule has 0 saturated carbocycles. The zero-order chi connectivity index (χ0) is 19.2. The Morgan fingerprint density at radius 2 is 1.40 bits per heavy atom. The van der Waals surface area contributed by atoms with Crippen molar-refractivity contribution in [2.75, 3.05) is 32.7 Å². The quantitative estimate of drug-likeness (QED) is 0.646. The number of nitrogens with zero attached hydrogens (tertiary/aromatic N) is 2. The molecule has 3 nitrogen and oxygen atoms in total. The summed E-state index contributed by atoms with van der Waals surface area (Å²) in [5, 5.41) is 0. The van der Waals surface area contributed by atoms with Crippen LogP contribution in [-0.4, -0.2) is 48.3 Å². The summed E-state index contributed by atoms with van der Waals surface area (Å²) >= 11 is 0. The molecule has 1 atom stereocenters. The van der Waals surface area contributed by atoms with Gasteiger partial charge in [-0.2, -0.15) is 0 Å². The molecular weight excluding hydrogens is 415 g/mol. The second kappa shape index (κ2) is 11.5. The first-order valence-electron chi connectivity index (χ1n) is 10.2. The fourth-order valence-corrected chi connectivity index (χ4v) is 4.23. The van der Waals surface area contributed by atoms with Gasteiger partial charge in [0.15, 0.2) is 5.78 Å². The summed E-state index contributed by atoms with van der Waals surface area (Å²) < 4.78 is 0. The number of halogens is 2. The van der Waals surface area contributed by atoms with Crippen LogP contribution in [0.25, 0.3) is 0 Å². The lowest BCUT2D eigenvalue weighted by atomic mass is 9.72. The van der Waals surface area contributed by atoms with Crippen molar-refractivity contribution < 1.29 is 4.79 Å². The summed E-state index contributed by atoms with van der Waals surface area (Å²) in [6.07, 6.45) is 9.02. The summed E-state index contributed by atoms with van der Waals surface area (Å²) in [6.45, 7) is 5.43. The molecule has 2 aromatic carbocycles. The van der Waals surface area contributed by atoms with Crippen LogP contribution >= 0.6 is 24.8 Å². The summed E-state index contributed by atoms with van der Waals surface area (Å²) in [6, 6.07) is 20.8. The molecule has 0 aromatic heterocycles. The van der Waals surface area contributed by atoms with Crippen molar-refractivity contribution in [3.05, 3.63) is 96.1 Å². The van der Waals surface area contributed by atoms with E-state index in [-0.39, 0.29) is 24.8 Å². The molecule has 0 bridgehead atoms. The van der Waals surface area contributed by atoms with Crippen molar-refractivity contribution in [1.82, 2.24) is 9.80 Å². The highest BCUT2D eigenvalue weighted by Crippen LogP contribution is 2.34. The molecule has 1 aliphatic carbocycles. The minimum atomic E-state index is -0.517. The molecular formula is C25H30Cl2N2O. The lowest BCUT2D eigenvalue weighted by molar-refractivity contribution is -0.124. The van der Waals surface area contributed by atoms with Gasteiger partial charge in [-0.3, -0.25) is 14.6 Å². The molecule has 1 unspecified atom stereocenters. The van der Waals surface area contributed by atoms with Crippen molar-refractivity contribution >= 4 is 30.6 Å². The maximum Gasteiger partial charge on any atom is 0.161 e. The second-order valence-electron chi connectivity index (χ2n) is 7.79. The highest BCUT2D eigenvalue weighted by molar-refractivity contribution is 5.94. The van der Waals surface area contributed by atoms with Gasteiger partial charge in [0.05, 0.1) is 12.0 Å². The molecule has 0 amide bonds. The number of ketones is 1. The van der Waals surface area contributed by atoms with Gasteiger partial charge in [0.1, 0.15) is 0 Å². The number of carbonyl (C=O) groups is 1. The van der Waals surface area contributed by atoms with Crippen LogP contribution in [-0.2, 0) is 16.8 Å². The average Bonchev–Trinajstić information content (AvgIpc) is 2.77. The first-order chi connectivity index (χ1) is 13.8. The smallest absolute Gasteiger partial charge is 0.161 e. The highest BCUT2D eigenvalue weighted by atomic mass is 35.5. The fraction of sp³-hybridized carbons (Fsp3) is 0.320. The Bertz CT molecular complexity index is 846. The number of allylic oxidation sites excluding steroid dienone is 4. The van der Waals surface area contributed by atoms with Crippen molar-refractivity contribution in [3.63, 3.8) is 0 Å². The van der Waals surface area contributed by atoms with Crippen LogP contribution in [0.15, 0.2) is 85.0 Å². The molecule has 2 aromatic rings. The SMILES string of the molecule is Cl.Cl.O=C(CN1CCN(Cc2ccccc2)CC1)C1(c2ccccc2)C=CC=CC1. The first-order valence-corrected chi connectivity index (χ1v) is 10.2. The van der Waals surface area contributed by atoms with Gasteiger partial charge < -0.3 is 0 Å². The van der Waals surface area contributed by atoms with Crippen LogP contribution in [0.2, 0.25) is 0 Å². The monoisotopic (exact) mass is 444 g/mol. The van der Waals surface area contributed by atoms with E-state index in [1.165, 1.54) is 5.56 Å². The summed E-state index contributed by atoms with van der Waals surface area (Å²) in [7, 11) is 0. The average molecular weight is 445 g/mol. The van der Waals surface area contributed by atoms with Gasteiger partial charge in [-0.15, -0.1) is 24.8 Å². The van der Waals surface area contributed by atoms with Crippen molar-refractivity contribution in [2.45, 2.75) is 18.4 Å². The molecule has 0 spiro atoms. The van der Waals surface area contributed by atoms with Crippen LogP contribution < -0.4 is 0 Å². The van der Waals surface area contributed by atoms with Crippen molar-refractivity contribution in [1.29, 1.82) is 0 Å². The topological polar surface area (TPSA) is 23.6 Å². The Balaban J connectivity index is 0.00000160. The van der Waals surface area contributed by atoms with Gasteiger partial charge in [-0.05, 0) is 17.5 Å². The molecule has 30 heavy (non-hydrogen) atoms. The summed E-state index contributed by atoms with van der Waals surface area (Å²) in [5.41, 5.74) is 1.94. The number of Topliss-reactive ketones (excluding diaryl/α,β-unsaturated/α-hetero) is 1. The lowest BCUT2D eigenvalue weighted by Gasteiger charge is -2.37. The van der Waals surface area contributed by atoms with Crippen LogP contribution in [0.3, 0.4) is 0 Å². The normalized spacial score (nSPS) is 21.5. The van der Waals surface area contributed by atoms with Gasteiger partial charge >= 0.3 is 0 Å². The summed E-state index contributed by atoms with van der Waals surface area (Å²) in [5.74, 6) is 0.302. The van der Waals surface area contributed by atoms with E-state index in [0.29, 0.717) is 12.3 Å². The van der Waals surface area contributed by atoms with Crippen LogP contribution in [0.5, 0.6) is 0 Å². The minimum absolute atomic E-state index is 0. The Morgan fingerprint density at radius 3 is 2.00 bits per heavy atom. The molecule has 1 fully saturated rings. The zero-order valence-electron chi connectivity index (χ0n) is 17.2. The first kappa shape index (κ1) is 24.4. The number of piperazine rings is 1. The van der Waals surface area contributed by atoms with Crippen LogP contribution in [0, 0.1) is 0 Å². The van der Waals surface area contributed by atoms with E-state index in [1.54, 1.807) is 0 Å². The summed E-state index contributed by atoms with van der Waals surface area (Å²) in [4.78, 5) is 18.2. The van der Waals surface area contributed by atoms with Gasteiger partial charge in [0, 0.05) is 32.7 Å². The predicted molar refractivity (Wildman–Crippen MR) is 129 cm³/mol. The molecule has 5 heteroatoms. The highest BCUT2D eigenvalue weighted by Gasteiger charge is 2.38. The van der Waals surface area contributed by atoms with E-state index >= 15 is 0 Å². The molecule has 0 N–H and O–H groups in total. The van der Waals surface area contributed by atoms with E-state index in [2.05, 4.69) is 64.4 Å². The maximum atomic E-state index is 13.4. The van der Waals surface area contributed by atoms with Gasteiger partial charge in [0.2, 0.25) is 0 Å². The van der Waals surface area contributed by atoms with Crippen LogP contribution in [0.4, 0.5) is 0 Å². The number of hydrogen-bond donors (Lipinski definition) is 0. The van der Waals surface area contributed by atoms with Gasteiger partial charge in [0.25, 0.3) is 0 Å². The minimum Gasteiger partial charge on any atom is -0.297 e. The Morgan fingerprint density at radius 1 is 0.800 bits per heavy atom. The lowest BCUT2D eigenvalue weighted by Crippen LogP contribution is -2.50. The van der Waals surface area contributed by atoms with E-state index in [9.17, 15) is 4.79 Å². The van der Waals surface area contributed by atoms with E-state index in [0.717, 1.165) is 44.7 Å². The number of hydrogen-bond acceptors (Lipinski definition) is 3. The van der Waals surface area contributed by atoms with Crippen molar-refractivity contribution in [3.8, 4) is 0 Å². The predicted octanol–water partition coefficient (Wildman–Crippen LogP) is 4.67. The third kappa shape index (κ3) is 5.61. The molecule has 0 radical (unpaired) electrons. The number of carbonyl (C=O) groups excluding carboxylic acids is 1. The van der Waals surface area contributed by atoms with Crippen LogP contribution in [0.1, 0.15) is 17.5 Å². The van der Waals surface area contributed by atoms with Gasteiger partial charge in [-0.25, -0.2) is 0 Å². The zero-order valence-corrected chi connectivity index (χ0v) is 18.8. The van der Waals surface area contributed by atoms with E-state index < -0.39 is 5.41 Å². The molecule has 2 aliphatic rings. The molecule has 1 heterocycles. The fourth-order valence-electron chi connectivity index (χ4n) is 4.23. The van der Waals surface area contributed by atoms with Crippen molar-refractivity contribution in [2.24, 2.45) is 0 Å². The second-order valence-corrected chi connectivity index (χ2v) is 7.79. The Kier molecular flexibility index (Phi) is 9.32. The molecule has 1 saturated heterocycles. The third-order valence-electron chi connectivity index (χ3n) is 5.94. The molecule has 4 rings (SSSR count). The number of rotatable bonds is 6. The molecule has 1 aliphatic heterocycles. The number of benzene rings is 2. The molecule has 160 valence electrons. The Labute approximate surface area is 192 Å². The third-order valence-corrected chi connectivity index (χ3v) is 5.94. The van der Waals surface area contributed by atoms with E-state index in [4.69, 9.17) is 0 Å².